The molecule has 0 aliphatic carbocycles. The molecule has 0 spiro atoms. The Kier molecular flexibility index (Phi) is 5.38. The normalized spacial score (nSPS) is 16.3. The number of nitrogens with one attached hydrogen (secondary N) is 2. The van der Waals surface area contributed by atoms with Crippen LogP contribution in [0.4, 0.5) is 0 Å². The van der Waals surface area contributed by atoms with Crippen LogP contribution in [0, 0.1) is 0 Å². The van der Waals surface area contributed by atoms with Gasteiger partial charge in [-0.2, -0.15) is 0 Å². The number of piperidine rings is 1. The maximum atomic E-state index is 12.5. The lowest BCUT2D eigenvalue weighted by Crippen LogP contribution is -2.42. The summed E-state index contributed by atoms with van der Waals surface area (Å²) in [5, 5.41) is 3.18. The Labute approximate surface area is 130 Å². The largest absolute Gasteiger partial charge is 0.495 e. The molecule has 2 rings (SSSR count). The highest BCUT2D eigenvalue weighted by Gasteiger charge is 2.25. The van der Waals surface area contributed by atoms with Gasteiger partial charge in [0.05, 0.1) is 19.8 Å². The maximum absolute atomic E-state index is 12.5. The van der Waals surface area contributed by atoms with Crippen molar-refractivity contribution in [2.75, 3.05) is 27.3 Å². The number of carbonyl (C=O) groups is 1. The van der Waals surface area contributed by atoms with Crippen molar-refractivity contribution in [1.29, 1.82) is 0 Å². The number of carbonyl (C=O) groups excluding carboxylic acids is 1. The minimum atomic E-state index is -3.71. The number of esters is 1. The van der Waals surface area contributed by atoms with Gasteiger partial charge in [-0.1, -0.05) is 0 Å². The minimum absolute atomic E-state index is 0.0150. The predicted molar refractivity (Wildman–Crippen MR) is 80.5 cm³/mol. The molecule has 0 aromatic heterocycles. The Bertz CT molecular complexity index is 639. The Hall–Kier alpha value is -1.64. The third kappa shape index (κ3) is 3.76. The van der Waals surface area contributed by atoms with E-state index >= 15 is 0 Å². The SMILES string of the molecule is COC(=O)c1ccc(S(=O)(=O)NC2CCNCC2)c(OC)c1. The van der Waals surface area contributed by atoms with E-state index in [1.54, 1.807) is 0 Å². The molecular weight excluding hydrogens is 308 g/mol. The predicted octanol–water partition coefficient (Wildman–Crippen LogP) is 0.512. The molecule has 0 atom stereocenters. The molecule has 0 bridgehead atoms. The van der Waals surface area contributed by atoms with E-state index in [2.05, 4.69) is 14.8 Å². The van der Waals surface area contributed by atoms with Crippen LogP contribution in [0.2, 0.25) is 0 Å². The van der Waals surface area contributed by atoms with Gasteiger partial charge in [0.2, 0.25) is 10.0 Å². The smallest absolute Gasteiger partial charge is 0.337 e. The van der Waals surface area contributed by atoms with E-state index in [9.17, 15) is 13.2 Å². The molecule has 1 heterocycles. The van der Waals surface area contributed by atoms with E-state index in [0.29, 0.717) is 0 Å². The summed E-state index contributed by atoms with van der Waals surface area (Å²) in [4.78, 5) is 11.5. The summed E-state index contributed by atoms with van der Waals surface area (Å²) in [6, 6.07) is 4.03. The van der Waals surface area contributed by atoms with Gasteiger partial charge in [-0.3, -0.25) is 0 Å². The van der Waals surface area contributed by atoms with Gasteiger partial charge in [-0.25, -0.2) is 17.9 Å². The lowest BCUT2D eigenvalue weighted by atomic mass is 10.1. The summed E-state index contributed by atoms with van der Waals surface area (Å²) in [6.07, 6.45) is 1.48. The van der Waals surface area contributed by atoms with Crippen LogP contribution in [0.5, 0.6) is 5.75 Å². The Morgan fingerprint density at radius 3 is 2.55 bits per heavy atom. The molecule has 22 heavy (non-hydrogen) atoms. The molecule has 0 saturated carbocycles. The third-order valence-electron chi connectivity index (χ3n) is 3.54. The first-order valence-corrected chi connectivity index (χ1v) is 8.45. The monoisotopic (exact) mass is 328 g/mol. The minimum Gasteiger partial charge on any atom is -0.495 e. The Balaban J connectivity index is 2.27. The lowest BCUT2D eigenvalue weighted by Gasteiger charge is -2.24. The summed E-state index contributed by atoms with van der Waals surface area (Å²) in [5.74, 6) is -0.433. The van der Waals surface area contributed by atoms with Crippen molar-refractivity contribution < 1.29 is 22.7 Å². The van der Waals surface area contributed by atoms with Gasteiger partial charge in [0.25, 0.3) is 0 Å². The Morgan fingerprint density at radius 1 is 1.27 bits per heavy atom. The zero-order valence-electron chi connectivity index (χ0n) is 12.6. The molecule has 1 aromatic carbocycles. The number of methoxy groups -OCH3 is 2. The first-order chi connectivity index (χ1) is 10.5. The molecule has 1 saturated heterocycles. The van der Waals surface area contributed by atoms with Crippen LogP contribution in [0.15, 0.2) is 23.1 Å². The Morgan fingerprint density at radius 2 is 1.95 bits per heavy atom. The summed E-state index contributed by atoms with van der Waals surface area (Å²) >= 11 is 0. The van der Waals surface area contributed by atoms with Crippen LogP contribution < -0.4 is 14.8 Å². The van der Waals surface area contributed by atoms with Crippen molar-refractivity contribution in [3.63, 3.8) is 0 Å². The summed E-state index contributed by atoms with van der Waals surface area (Å²) < 4.78 is 37.4. The highest BCUT2D eigenvalue weighted by atomic mass is 32.2. The second-order valence-electron chi connectivity index (χ2n) is 5.00. The molecule has 2 N–H and O–H groups in total. The molecule has 7 nitrogen and oxygen atoms in total. The van der Waals surface area contributed by atoms with Crippen molar-refractivity contribution in [2.24, 2.45) is 0 Å². The topological polar surface area (TPSA) is 93.7 Å². The van der Waals surface area contributed by atoms with Gasteiger partial charge in [0.15, 0.2) is 0 Å². The summed E-state index contributed by atoms with van der Waals surface area (Å²) in [7, 11) is -1.08. The second kappa shape index (κ2) is 7.08. The third-order valence-corrected chi connectivity index (χ3v) is 5.10. The van der Waals surface area contributed by atoms with Gasteiger partial charge in [-0.15, -0.1) is 0 Å². The lowest BCUT2D eigenvalue weighted by molar-refractivity contribution is 0.0600. The van der Waals surface area contributed by atoms with Gasteiger partial charge in [0, 0.05) is 6.04 Å². The molecule has 8 heteroatoms. The number of sulfonamides is 1. The molecule has 1 fully saturated rings. The summed E-state index contributed by atoms with van der Waals surface area (Å²) in [6.45, 7) is 1.57. The zero-order chi connectivity index (χ0) is 16.2. The van der Waals surface area contributed by atoms with Gasteiger partial charge in [0.1, 0.15) is 10.6 Å². The van der Waals surface area contributed by atoms with Crippen LogP contribution in [0.3, 0.4) is 0 Å². The van der Waals surface area contributed by atoms with Gasteiger partial charge < -0.3 is 14.8 Å². The van der Waals surface area contributed by atoms with Crippen molar-refractivity contribution in [1.82, 2.24) is 10.0 Å². The average molecular weight is 328 g/mol. The highest BCUT2D eigenvalue weighted by molar-refractivity contribution is 7.89. The average Bonchev–Trinajstić information content (AvgIpc) is 2.54. The number of rotatable bonds is 5. The van der Waals surface area contributed by atoms with Crippen LogP contribution in [0.1, 0.15) is 23.2 Å². The van der Waals surface area contributed by atoms with Crippen LogP contribution in [-0.4, -0.2) is 47.7 Å². The van der Waals surface area contributed by atoms with E-state index in [0.717, 1.165) is 25.9 Å². The van der Waals surface area contributed by atoms with Crippen molar-refractivity contribution >= 4 is 16.0 Å². The zero-order valence-corrected chi connectivity index (χ0v) is 13.4. The molecule has 0 amide bonds. The van der Waals surface area contributed by atoms with E-state index in [1.165, 1.54) is 32.4 Å². The van der Waals surface area contributed by atoms with E-state index in [4.69, 9.17) is 4.74 Å². The van der Waals surface area contributed by atoms with Crippen molar-refractivity contribution in [2.45, 2.75) is 23.8 Å². The first-order valence-electron chi connectivity index (χ1n) is 6.97. The maximum Gasteiger partial charge on any atom is 0.337 e. The highest BCUT2D eigenvalue weighted by Crippen LogP contribution is 2.26. The molecule has 0 radical (unpaired) electrons. The number of hydrogen-bond donors (Lipinski definition) is 2. The molecule has 1 aliphatic heterocycles. The fourth-order valence-electron chi connectivity index (χ4n) is 2.36. The van der Waals surface area contributed by atoms with Crippen LogP contribution >= 0.6 is 0 Å². The standard InChI is InChI=1S/C14H20N2O5S/c1-20-12-9-10(14(17)21-2)3-4-13(12)22(18,19)16-11-5-7-15-8-6-11/h3-4,9,11,15-16H,5-8H2,1-2H3. The number of hydrogen-bond acceptors (Lipinski definition) is 6. The quantitative estimate of drug-likeness (QED) is 0.765. The fourth-order valence-corrected chi connectivity index (χ4v) is 3.81. The molecular formula is C14H20N2O5S. The van der Waals surface area contributed by atoms with Gasteiger partial charge >= 0.3 is 5.97 Å². The van der Waals surface area contributed by atoms with Crippen LogP contribution in [-0.2, 0) is 14.8 Å². The summed E-state index contributed by atoms with van der Waals surface area (Å²) in [5.41, 5.74) is 0.236. The molecule has 122 valence electrons. The number of benzene rings is 1. The second-order valence-corrected chi connectivity index (χ2v) is 6.69. The van der Waals surface area contributed by atoms with E-state index in [1.807, 2.05) is 0 Å². The molecule has 1 aromatic rings. The molecule has 1 aliphatic rings. The van der Waals surface area contributed by atoms with E-state index < -0.39 is 16.0 Å². The van der Waals surface area contributed by atoms with E-state index in [-0.39, 0.29) is 22.3 Å². The fraction of sp³-hybridized carbons (Fsp3) is 0.500. The number of ether oxygens (including phenoxy) is 2. The van der Waals surface area contributed by atoms with Crippen LogP contribution in [0.25, 0.3) is 0 Å². The first kappa shape index (κ1) is 16.7. The van der Waals surface area contributed by atoms with Crippen molar-refractivity contribution in [3.8, 4) is 5.75 Å². The molecule has 0 unspecified atom stereocenters. The van der Waals surface area contributed by atoms with Gasteiger partial charge in [-0.05, 0) is 44.1 Å². The van der Waals surface area contributed by atoms with Crippen molar-refractivity contribution in [3.05, 3.63) is 23.8 Å².